The van der Waals surface area contributed by atoms with E-state index in [0.29, 0.717) is 28.4 Å². The summed E-state index contributed by atoms with van der Waals surface area (Å²) < 4.78 is 26.0. The van der Waals surface area contributed by atoms with Gasteiger partial charge in [0.15, 0.2) is 11.5 Å². The summed E-state index contributed by atoms with van der Waals surface area (Å²) >= 11 is 6.48. The summed E-state index contributed by atoms with van der Waals surface area (Å²) in [6.07, 6.45) is 1.60. The minimum atomic E-state index is -0.646. The number of carbonyl (C=O) groups is 4. The summed E-state index contributed by atoms with van der Waals surface area (Å²) in [6, 6.07) is 16.2. The first-order valence-corrected chi connectivity index (χ1v) is 14.1. The number of ether oxygens (including phenoxy) is 2. The Morgan fingerprint density at radius 3 is 2.47 bits per heavy atom. The fraction of sp³-hybridized carbons (Fsp3) is 0.133. The van der Waals surface area contributed by atoms with E-state index in [1.807, 2.05) is 35.8 Å². The van der Waals surface area contributed by atoms with Crippen LogP contribution in [0.15, 0.2) is 65.6 Å². The number of thioether (sulfide) groups is 1. The molecule has 4 amide bonds. The standard InChI is InChI=1S/C30H22ClFN4O6S/c1-16-20(12-26-29(39)36(30(40)43-26)14-28(38)33-17-6-8-22(32)21(31)10-17)19-4-2-3-5-23(19)35(16)13-27(37)34-18-7-9-24-25(11-18)42-15-41-24/h2-12H,13-15H2,1H3,(H,33,38)(H,34,37)/b26-12-. The van der Waals surface area contributed by atoms with Gasteiger partial charge in [-0.2, -0.15) is 0 Å². The summed E-state index contributed by atoms with van der Waals surface area (Å²) in [7, 11) is 0. The fourth-order valence-corrected chi connectivity index (χ4v) is 5.85. The summed E-state index contributed by atoms with van der Waals surface area (Å²) in [4.78, 5) is 52.5. The molecule has 0 radical (unpaired) electrons. The summed E-state index contributed by atoms with van der Waals surface area (Å²) in [6.45, 7) is 1.41. The Bertz CT molecular complexity index is 1870. The van der Waals surface area contributed by atoms with Crippen molar-refractivity contribution >= 4 is 74.7 Å². The highest BCUT2D eigenvalue weighted by molar-refractivity contribution is 8.18. The molecule has 3 aromatic carbocycles. The van der Waals surface area contributed by atoms with E-state index in [9.17, 15) is 23.6 Å². The molecular weight excluding hydrogens is 599 g/mol. The van der Waals surface area contributed by atoms with E-state index in [2.05, 4.69) is 10.6 Å². The molecule has 10 nitrogen and oxygen atoms in total. The van der Waals surface area contributed by atoms with Crippen LogP contribution >= 0.6 is 23.4 Å². The van der Waals surface area contributed by atoms with Crippen LogP contribution < -0.4 is 20.1 Å². The van der Waals surface area contributed by atoms with Crippen molar-refractivity contribution < 1.29 is 33.0 Å². The molecule has 0 spiro atoms. The number of imide groups is 1. The molecule has 2 N–H and O–H groups in total. The van der Waals surface area contributed by atoms with Crippen molar-refractivity contribution in [1.82, 2.24) is 9.47 Å². The van der Waals surface area contributed by atoms with Gasteiger partial charge in [-0.15, -0.1) is 0 Å². The average Bonchev–Trinajstić information content (AvgIpc) is 3.63. The topological polar surface area (TPSA) is 119 Å². The first-order chi connectivity index (χ1) is 20.7. The Hall–Kier alpha value is -4.81. The van der Waals surface area contributed by atoms with E-state index >= 15 is 0 Å². The molecule has 1 aromatic heterocycles. The van der Waals surface area contributed by atoms with Gasteiger partial charge in [-0.3, -0.25) is 24.1 Å². The maximum absolute atomic E-state index is 13.4. The number of halogens is 2. The number of rotatable bonds is 7. The Morgan fingerprint density at radius 2 is 1.67 bits per heavy atom. The van der Waals surface area contributed by atoms with Crippen LogP contribution in [0.25, 0.3) is 17.0 Å². The minimum Gasteiger partial charge on any atom is -0.454 e. The van der Waals surface area contributed by atoms with Gasteiger partial charge in [0.25, 0.3) is 11.1 Å². The van der Waals surface area contributed by atoms with Crippen molar-refractivity contribution in [2.24, 2.45) is 0 Å². The number of para-hydroxylation sites is 1. The lowest BCUT2D eigenvalue weighted by atomic mass is 10.1. The van der Waals surface area contributed by atoms with Crippen LogP contribution in [0.3, 0.4) is 0 Å². The molecule has 4 aromatic rings. The molecular formula is C30H22ClFN4O6S. The minimum absolute atomic E-state index is 0.0102. The van der Waals surface area contributed by atoms with Crippen LogP contribution in [0.2, 0.25) is 5.02 Å². The molecule has 0 unspecified atom stereocenters. The second kappa shape index (κ2) is 11.5. The Morgan fingerprint density at radius 1 is 0.977 bits per heavy atom. The number of nitrogens with one attached hydrogen (secondary N) is 2. The summed E-state index contributed by atoms with van der Waals surface area (Å²) in [5.41, 5.74) is 2.93. The van der Waals surface area contributed by atoms with Crippen molar-refractivity contribution in [2.45, 2.75) is 13.5 Å². The Labute approximate surface area is 253 Å². The smallest absolute Gasteiger partial charge is 0.294 e. The van der Waals surface area contributed by atoms with Gasteiger partial charge in [0.05, 0.1) is 9.93 Å². The van der Waals surface area contributed by atoms with Gasteiger partial charge in [0.2, 0.25) is 18.6 Å². The SMILES string of the molecule is Cc1c(/C=C2\SC(=O)N(CC(=O)Nc3ccc(F)c(Cl)c3)C2=O)c2ccccc2n1CC(=O)Nc1ccc2c(c1)OCO2. The lowest BCUT2D eigenvalue weighted by molar-refractivity contribution is -0.127. The van der Waals surface area contributed by atoms with Crippen molar-refractivity contribution in [2.75, 3.05) is 24.0 Å². The van der Waals surface area contributed by atoms with E-state index in [1.54, 1.807) is 24.3 Å². The van der Waals surface area contributed by atoms with Crippen molar-refractivity contribution in [3.05, 3.63) is 87.7 Å². The van der Waals surface area contributed by atoms with Crippen LogP contribution in [-0.2, 0) is 20.9 Å². The molecule has 1 saturated heterocycles. The number of anilines is 2. The van der Waals surface area contributed by atoms with Gasteiger partial charge in [-0.05, 0) is 61.2 Å². The number of fused-ring (bicyclic) bond motifs is 2. The highest BCUT2D eigenvalue weighted by Gasteiger charge is 2.36. The highest BCUT2D eigenvalue weighted by atomic mass is 35.5. The quantitative estimate of drug-likeness (QED) is 0.251. The van der Waals surface area contributed by atoms with Gasteiger partial charge in [-0.1, -0.05) is 29.8 Å². The molecule has 0 aliphatic carbocycles. The second-order valence-corrected chi connectivity index (χ2v) is 11.1. The number of amides is 4. The van der Waals surface area contributed by atoms with Crippen LogP contribution in [-0.4, -0.2) is 45.8 Å². The third-order valence-electron chi connectivity index (χ3n) is 6.89. The predicted molar refractivity (Wildman–Crippen MR) is 161 cm³/mol. The predicted octanol–water partition coefficient (Wildman–Crippen LogP) is 5.78. The van der Waals surface area contributed by atoms with Crippen LogP contribution in [0.4, 0.5) is 20.6 Å². The van der Waals surface area contributed by atoms with E-state index in [4.69, 9.17) is 21.1 Å². The first kappa shape index (κ1) is 28.3. The zero-order chi connectivity index (χ0) is 30.2. The normalized spacial score (nSPS) is 15.0. The van der Waals surface area contributed by atoms with E-state index in [-0.39, 0.29) is 34.9 Å². The lowest BCUT2D eigenvalue weighted by Crippen LogP contribution is -2.36. The third-order valence-corrected chi connectivity index (χ3v) is 8.09. The number of benzene rings is 3. The van der Waals surface area contributed by atoms with Crippen LogP contribution in [0, 0.1) is 12.7 Å². The number of nitrogens with zero attached hydrogens (tertiary/aromatic N) is 2. The average molecular weight is 621 g/mol. The van der Waals surface area contributed by atoms with Crippen LogP contribution in [0.5, 0.6) is 11.5 Å². The molecule has 1 fully saturated rings. The summed E-state index contributed by atoms with van der Waals surface area (Å²) in [5.74, 6) is -1.03. The molecule has 43 heavy (non-hydrogen) atoms. The zero-order valence-electron chi connectivity index (χ0n) is 22.5. The molecule has 2 aliphatic heterocycles. The van der Waals surface area contributed by atoms with Crippen molar-refractivity contribution in [1.29, 1.82) is 0 Å². The second-order valence-electron chi connectivity index (χ2n) is 9.66. The van der Waals surface area contributed by atoms with Crippen molar-refractivity contribution in [3.63, 3.8) is 0 Å². The maximum atomic E-state index is 13.4. The summed E-state index contributed by atoms with van der Waals surface area (Å²) in [5, 5.41) is 5.39. The van der Waals surface area contributed by atoms with Gasteiger partial charge in [0.1, 0.15) is 18.9 Å². The Balaban J connectivity index is 1.21. The van der Waals surface area contributed by atoms with E-state index in [1.165, 1.54) is 12.1 Å². The van der Waals surface area contributed by atoms with Gasteiger partial charge in [0, 0.05) is 39.6 Å². The highest BCUT2D eigenvalue weighted by Crippen LogP contribution is 2.36. The molecule has 218 valence electrons. The molecule has 0 bridgehead atoms. The first-order valence-electron chi connectivity index (χ1n) is 13.0. The lowest BCUT2D eigenvalue weighted by Gasteiger charge is -2.12. The number of hydrogen-bond donors (Lipinski definition) is 2. The molecule has 2 aliphatic rings. The molecule has 3 heterocycles. The van der Waals surface area contributed by atoms with Gasteiger partial charge in [-0.25, -0.2) is 4.39 Å². The van der Waals surface area contributed by atoms with E-state index in [0.717, 1.165) is 33.6 Å². The molecule has 6 rings (SSSR count). The van der Waals surface area contributed by atoms with Gasteiger partial charge >= 0.3 is 0 Å². The molecule has 13 heteroatoms. The number of hydrogen-bond acceptors (Lipinski definition) is 7. The zero-order valence-corrected chi connectivity index (χ0v) is 24.1. The van der Waals surface area contributed by atoms with Crippen molar-refractivity contribution in [3.8, 4) is 11.5 Å². The Kier molecular flexibility index (Phi) is 7.55. The third kappa shape index (κ3) is 5.66. The maximum Gasteiger partial charge on any atom is 0.294 e. The largest absolute Gasteiger partial charge is 0.454 e. The number of carbonyl (C=O) groups excluding carboxylic acids is 4. The molecule has 0 saturated carbocycles. The fourth-order valence-electron chi connectivity index (χ4n) is 4.85. The number of aromatic nitrogens is 1. The molecule has 0 atom stereocenters. The van der Waals surface area contributed by atoms with E-state index < -0.39 is 29.4 Å². The van der Waals surface area contributed by atoms with Crippen LogP contribution in [0.1, 0.15) is 11.3 Å². The monoisotopic (exact) mass is 620 g/mol. The van der Waals surface area contributed by atoms with Gasteiger partial charge < -0.3 is 24.7 Å².